The Bertz CT molecular complexity index is 1230. The first-order chi connectivity index (χ1) is 16.2. The van der Waals surface area contributed by atoms with E-state index in [9.17, 15) is 8.42 Å². The number of anilines is 1. The smallest absolute Gasteiger partial charge is 0.209 e. The van der Waals surface area contributed by atoms with Crippen molar-refractivity contribution in [1.82, 2.24) is 4.72 Å². The molecule has 8 heteroatoms. The van der Waals surface area contributed by atoms with Crippen LogP contribution in [0.25, 0.3) is 0 Å². The van der Waals surface area contributed by atoms with E-state index in [2.05, 4.69) is 33.9 Å². The summed E-state index contributed by atoms with van der Waals surface area (Å²) < 4.78 is 25.2. The molecule has 0 saturated carbocycles. The van der Waals surface area contributed by atoms with Gasteiger partial charge in [0.25, 0.3) is 0 Å². The van der Waals surface area contributed by atoms with Crippen LogP contribution in [0, 0.1) is 5.92 Å². The molecular weight excluding hydrogens is 511 g/mol. The first kappa shape index (κ1) is 25.3. The summed E-state index contributed by atoms with van der Waals surface area (Å²) in [5.41, 5.74) is 4.39. The van der Waals surface area contributed by atoms with E-state index in [-0.39, 0.29) is 6.04 Å². The quantitative estimate of drug-likeness (QED) is 0.357. The van der Waals surface area contributed by atoms with Gasteiger partial charge in [0.15, 0.2) is 0 Å². The molecule has 1 fully saturated rings. The van der Waals surface area contributed by atoms with E-state index < -0.39 is 10.0 Å². The van der Waals surface area contributed by atoms with Crippen LogP contribution in [0.2, 0.25) is 15.1 Å². The predicted molar refractivity (Wildman–Crippen MR) is 143 cm³/mol. The second-order valence-corrected chi connectivity index (χ2v) is 12.0. The summed E-state index contributed by atoms with van der Waals surface area (Å²) in [5, 5.41) is 2.03. The van der Waals surface area contributed by atoms with E-state index in [1.54, 1.807) is 0 Å². The molecule has 4 rings (SSSR count). The molecule has 1 aliphatic heterocycles. The molecule has 3 aromatic carbocycles. The number of benzene rings is 3. The first-order valence-electron chi connectivity index (χ1n) is 11.2. The number of nitrogens with one attached hydrogen (secondary N) is 1. The summed E-state index contributed by atoms with van der Waals surface area (Å²) in [4.78, 5) is 2.42. The normalized spacial score (nSPS) is 18.8. The van der Waals surface area contributed by atoms with Gasteiger partial charge in [0.1, 0.15) is 0 Å². The minimum Gasteiger partial charge on any atom is -0.364 e. The monoisotopic (exact) mass is 536 g/mol. The van der Waals surface area contributed by atoms with Gasteiger partial charge in [-0.05, 0) is 78.3 Å². The third-order valence-corrected chi connectivity index (χ3v) is 7.73. The van der Waals surface area contributed by atoms with Gasteiger partial charge in [-0.2, -0.15) is 0 Å². The lowest BCUT2D eigenvalue weighted by molar-refractivity contribution is 0.358. The van der Waals surface area contributed by atoms with E-state index in [0.717, 1.165) is 42.6 Å². The van der Waals surface area contributed by atoms with Crippen molar-refractivity contribution in [2.75, 3.05) is 17.7 Å². The van der Waals surface area contributed by atoms with Crippen molar-refractivity contribution in [3.8, 4) is 0 Å². The molecule has 1 N–H and O–H groups in total. The topological polar surface area (TPSA) is 49.4 Å². The Hall–Kier alpha value is -1.76. The number of nitrogens with zero attached hydrogens (tertiary/aromatic N) is 1. The van der Waals surface area contributed by atoms with Crippen LogP contribution >= 0.6 is 34.8 Å². The number of piperidine rings is 1. The van der Waals surface area contributed by atoms with Gasteiger partial charge < -0.3 is 4.90 Å². The van der Waals surface area contributed by atoms with Gasteiger partial charge in [0.2, 0.25) is 10.0 Å². The molecule has 0 amide bonds. The summed E-state index contributed by atoms with van der Waals surface area (Å²) in [6, 6.07) is 22.0. The fourth-order valence-electron chi connectivity index (χ4n) is 4.57. The van der Waals surface area contributed by atoms with Crippen molar-refractivity contribution in [2.45, 2.75) is 31.8 Å². The Morgan fingerprint density at radius 3 is 2.18 bits per heavy atom. The van der Waals surface area contributed by atoms with Crippen LogP contribution in [0.4, 0.5) is 5.69 Å². The minimum atomic E-state index is -3.20. The van der Waals surface area contributed by atoms with Crippen LogP contribution < -0.4 is 9.62 Å². The number of sulfonamides is 1. The Balaban J connectivity index is 1.51. The van der Waals surface area contributed by atoms with E-state index in [1.807, 2.05) is 42.5 Å². The number of halogens is 3. The van der Waals surface area contributed by atoms with Gasteiger partial charge in [0, 0.05) is 33.8 Å². The Morgan fingerprint density at radius 1 is 0.882 bits per heavy atom. The third-order valence-electron chi connectivity index (χ3n) is 6.25. The van der Waals surface area contributed by atoms with Crippen molar-refractivity contribution >= 4 is 50.5 Å². The van der Waals surface area contributed by atoms with Crippen molar-refractivity contribution in [2.24, 2.45) is 5.92 Å². The Morgan fingerprint density at radius 2 is 1.53 bits per heavy atom. The lowest BCUT2D eigenvalue weighted by Crippen LogP contribution is -2.39. The molecule has 0 spiro atoms. The van der Waals surface area contributed by atoms with Gasteiger partial charge in [-0.3, -0.25) is 0 Å². The third kappa shape index (κ3) is 6.67. The molecule has 0 aromatic heterocycles. The maximum Gasteiger partial charge on any atom is 0.209 e. The zero-order chi connectivity index (χ0) is 24.3. The zero-order valence-electron chi connectivity index (χ0n) is 18.8. The highest BCUT2D eigenvalue weighted by molar-refractivity contribution is 7.88. The molecule has 1 saturated heterocycles. The van der Waals surface area contributed by atoms with Gasteiger partial charge >= 0.3 is 0 Å². The van der Waals surface area contributed by atoms with Crippen molar-refractivity contribution in [3.63, 3.8) is 0 Å². The SMILES string of the molecule is CS(=O)(=O)NCc1ccc(C[C@H]2CCC(c3ccc(Cl)cc3Cl)N(c3ccc(Cl)cc3)C2)cc1. The van der Waals surface area contributed by atoms with Gasteiger partial charge in [0.05, 0.1) is 12.3 Å². The largest absolute Gasteiger partial charge is 0.364 e. The molecule has 3 aromatic rings. The summed E-state index contributed by atoms with van der Waals surface area (Å²) in [6.45, 7) is 1.19. The highest BCUT2D eigenvalue weighted by Gasteiger charge is 2.31. The van der Waals surface area contributed by atoms with Gasteiger partial charge in [-0.15, -0.1) is 0 Å². The van der Waals surface area contributed by atoms with Crippen LogP contribution in [0.15, 0.2) is 66.7 Å². The molecule has 1 heterocycles. The second-order valence-electron chi connectivity index (χ2n) is 8.87. The second kappa shape index (κ2) is 10.9. The molecule has 0 aliphatic carbocycles. The van der Waals surface area contributed by atoms with Crippen molar-refractivity contribution in [3.05, 3.63) is 98.5 Å². The Kier molecular flexibility index (Phi) is 8.11. The maximum atomic E-state index is 11.3. The van der Waals surface area contributed by atoms with Crippen molar-refractivity contribution < 1.29 is 8.42 Å². The van der Waals surface area contributed by atoms with Crippen LogP contribution in [-0.2, 0) is 23.0 Å². The highest BCUT2D eigenvalue weighted by atomic mass is 35.5. The number of rotatable bonds is 7. The Labute approximate surface area is 216 Å². The van der Waals surface area contributed by atoms with Gasteiger partial charge in [-0.1, -0.05) is 65.1 Å². The molecule has 180 valence electrons. The molecule has 1 unspecified atom stereocenters. The summed E-state index contributed by atoms with van der Waals surface area (Å²) in [5.74, 6) is 0.470. The van der Waals surface area contributed by atoms with Crippen LogP contribution in [0.5, 0.6) is 0 Å². The first-order valence-corrected chi connectivity index (χ1v) is 14.2. The standard InChI is InChI=1S/C26H27Cl3N2O2S/c1-34(32,33)30-16-19-4-2-18(3-5-19)14-20-6-13-26(24-12-9-22(28)15-25(24)29)31(17-20)23-10-7-21(27)8-11-23/h2-5,7-12,15,20,26,30H,6,13-14,16-17H2,1H3/t20-,26?/m1/s1. The van der Waals surface area contributed by atoms with Gasteiger partial charge in [-0.25, -0.2) is 13.1 Å². The molecule has 4 nitrogen and oxygen atoms in total. The van der Waals surface area contributed by atoms with E-state index in [0.29, 0.717) is 27.5 Å². The molecule has 2 atom stereocenters. The minimum absolute atomic E-state index is 0.159. The molecule has 34 heavy (non-hydrogen) atoms. The highest BCUT2D eigenvalue weighted by Crippen LogP contribution is 2.41. The fourth-order valence-corrected chi connectivity index (χ4v) is 5.66. The van der Waals surface area contributed by atoms with E-state index >= 15 is 0 Å². The molecule has 0 bridgehead atoms. The van der Waals surface area contributed by atoms with Crippen LogP contribution in [0.3, 0.4) is 0 Å². The number of hydrogen-bond donors (Lipinski definition) is 1. The average Bonchev–Trinajstić information content (AvgIpc) is 2.79. The molecule has 1 aliphatic rings. The lowest BCUT2D eigenvalue weighted by Gasteiger charge is -2.42. The summed E-state index contributed by atoms with van der Waals surface area (Å²) in [7, 11) is -3.20. The lowest BCUT2D eigenvalue weighted by atomic mass is 9.85. The average molecular weight is 538 g/mol. The molecular formula is C26H27Cl3N2O2S. The van der Waals surface area contributed by atoms with Crippen LogP contribution in [-0.4, -0.2) is 21.2 Å². The summed E-state index contributed by atoms with van der Waals surface area (Å²) >= 11 is 18.9. The predicted octanol–water partition coefficient (Wildman–Crippen LogP) is 6.90. The zero-order valence-corrected chi connectivity index (χ0v) is 21.9. The molecule has 0 radical (unpaired) electrons. The maximum absolute atomic E-state index is 11.3. The number of hydrogen-bond acceptors (Lipinski definition) is 3. The van der Waals surface area contributed by atoms with Crippen LogP contribution in [0.1, 0.15) is 35.6 Å². The fraction of sp³-hybridized carbons (Fsp3) is 0.308. The van der Waals surface area contributed by atoms with Crippen molar-refractivity contribution in [1.29, 1.82) is 0 Å². The summed E-state index contributed by atoms with van der Waals surface area (Å²) in [6.07, 6.45) is 4.17. The van der Waals surface area contributed by atoms with E-state index in [1.165, 1.54) is 11.8 Å². The van der Waals surface area contributed by atoms with E-state index in [4.69, 9.17) is 34.8 Å².